The molecule has 1 unspecified atom stereocenters. The Morgan fingerprint density at radius 3 is 2.28 bits per heavy atom. The van der Waals surface area contributed by atoms with E-state index in [9.17, 15) is 27.2 Å². The van der Waals surface area contributed by atoms with Gasteiger partial charge in [-0.15, -0.1) is 0 Å². The second kappa shape index (κ2) is 10.4. The number of hydrogen-bond donors (Lipinski definition) is 1. The van der Waals surface area contributed by atoms with Gasteiger partial charge in [-0.1, -0.05) is 24.3 Å². The number of nitrogens with two attached hydrogens (primary N) is 1. The molecule has 0 spiro atoms. The van der Waals surface area contributed by atoms with Crippen LogP contribution in [0.1, 0.15) is 22.3 Å². The molecule has 2 N–H and O–H groups in total. The molecule has 1 heterocycles. The van der Waals surface area contributed by atoms with Crippen molar-refractivity contribution in [3.8, 4) is 0 Å². The molecule has 36 heavy (non-hydrogen) atoms. The lowest BCUT2D eigenvalue weighted by atomic mass is 10.1. The lowest BCUT2D eigenvalue weighted by Crippen LogP contribution is -2.46. The average molecular weight is 621 g/mol. The van der Waals surface area contributed by atoms with Crippen molar-refractivity contribution >= 4 is 56.0 Å². The molecular formula is C25H21FIN3O5S. The summed E-state index contributed by atoms with van der Waals surface area (Å²) in [6, 6.07) is 16.9. The molecule has 4 rings (SSSR count). The molecule has 3 aromatic rings. The standard InChI is InChI=1S/C25H21FIN3O5S/c26-21-4-2-1-3-20(21)24(32)29(14-13-16-5-11-19(12-6-16)36(28,34)35)22-15-23(31)30(25(22)33)18-9-7-17(27)8-10-18/h1-12,22H,13-15H2,(H2,28,34,35). The van der Waals surface area contributed by atoms with Gasteiger partial charge in [-0.05, 0) is 83.1 Å². The highest BCUT2D eigenvalue weighted by molar-refractivity contribution is 14.1. The van der Waals surface area contributed by atoms with E-state index < -0.39 is 39.6 Å². The predicted octanol–water partition coefficient (Wildman–Crippen LogP) is 3.09. The lowest BCUT2D eigenvalue weighted by molar-refractivity contribution is -0.122. The maximum atomic E-state index is 14.5. The number of imide groups is 1. The van der Waals surface area contributed by atoms with Crippen molar-refractivity contribution in [3.05, 3.63) is 93.3 Å². The number of anilines is 1. The smallest absolute Gasteiger partial charge is 0.257 e. The number of carbonyl (C=O) groups is 3. The number of carbonyl (C=O) groups excluding carboxylic acids is 3. The van der Waals surface area contributed by atoms with Crippen LogP contribution in [0.2, 0.25) is 0 Å². The Hall–Kier alpha value is -3.16. The number of benzene rings is 3. The van der Waals surface area contributed by atoms with Crippen LogP contribution in [0.5, 0.6) is 0 Å². The van der Waals surface area contributed by atoms with Crippen molar-refractivity contribution < 1.29 is 27.2 Å². The summed E-state index contributed by atoms with van der Waals surface area (Å²) < 4.78 is 38.4. The van der Waals surface area contributed by atoms with E-state index in [2.05, 4.69) is 22.6 Å². The summed E-state index contributed by atoms with van der Waals surface area (Å²) in [6.07, 6.45) is -0.0119. The molecule has 1 aliphatic heterocycles. The number of halogens is 2. The summed E-state index contributed by atoms with van der Waals surface area (Å²) in [5.41, 5.74) is 0.847. The fourth-order valence-corrected chi connectivity index (χ4v) is 4.88. The zero-order valence-electron chi connectivity index (χ0n) is 18.8. The molecule has 0 aromatic heterocycles. The Labute approximate surface area is 221 Å². The van der Waals surface area contributed by atoms with E-state index >= 15 is 0 Å². The van der Waals surface area contributed by atoms with Crippen LogP contribution in [-0.2, 0) is 26.0 Å². The molecule has 3 aromatic carbocycles. The van der Waals surface area contributed by atoms with E-state index in [1.165, 1.54) is 35.2 Å². The monoisotopic (exact) mass is 621 g/mol. The van der Waals surface area contributed by atoms with Gasteiger partial charge < -0.3 is 4.90 Å². The molecule has 8 nitrogen and oxygen atoms in total. The van der Waals surface area contributed by atoms with Gasteiger partial charge in [-0.25, -0.2) is 22.8 Å². The minimum atomic E-state index is -3.86. The van der Waals surface area contributed by atoms with Crippen LogP contribution >= 0.6 is 22.6 Å². The maximum absolute atomic E-state index is 14.5. The number of sulfonamides is 1. The SMILES string of the molecule is NS(=O)(=O)c1ccc(CCN(C(=O)c2ccccc2F)C2CC(=O)N(c3ccc(I)cc3)C2=O)cc1. The Morgan fingerprint density at radius 2 is 1.67 bits per heavy atom. The largest absolute Gasteiger partial charge is 0.326 e. The third-order valence-corrected chi connectivity index (χ3v) is 7.49. The Bertz CT molecular complexity index is 1430. The summed E-state index contributed by atoms with van der Waals surface area (Å²) in [4.78, 5) is 41.8. The molecule has 11 heteroatoms. The first-order chi connectivity index (χ1) is 17.1. The molecular weight excluding hydrogens is 600 g/mol. The van der Waals surface area contributed by atoms with Gasteiger partial charge in [0.2, 0.25) is 15.9 Å². The van der Waals surface area contributed by atoms with E-state index in [-0.39, 0.29) is 29.8 Å². The van der Waals surface area contributed by atoms with Crippen LogP contribution in [-0.4, -0.2) is 43.6 Å². The highest BCUT2D eigenvalue weighted by atomic mass is 127. The zero-order chi connectivity index (χ0) is 26.0. The van der Waals surface area contributed by atoms with Gasteiger partial charge in [0, 0.05) is 10.1 Å². The number of hydrogen-bond acceptors (Lipinski definition) is 5. The third-order valence-electron chi connectivity index (χ3n) is 5.84. The fourth-order valence-electron chi connectivity index (χ4n) is 4.00. The molecule has 0 aliphatic carbocycles. The van der Waals surface area contributed by atoms with Crippen molar-refractivity contribution in [1.82, 2.24) is 4.90 Å². The summed E-state index contributed by atoms with van der Waals surface area (Å²) in [5.74, 6) is -2.49. The van der Waals surface area contributed by atoms with Crippen LogP contribution in [0, 0.1) is 9.39 Å². The number of nitrogens with zero attached hydrogens (tertiary/aromatic N) is 2. The third kappa shape index (κ3) is 5.47. The molecule has 186 valence electrons. The van der Waals surface area contributed by atoms with E-state index in [1.54, 1.807) is 36.4 Å². The Morgan fingerprint density at radius 1 is 1.03 bits per heavy atom. The summed E-state index contributed by atoms with van der Waals surface area (Å²) >= 11 is 2.11. The zero-order valence-corrected chi connectivity index (χ0v) is 21.8. The van der Waals surface area contributed by atoms with E-state index in [0.29, 0.717) is 11.3 Å². The molecule has 1 fully saturated rings. The molecule has 0 bridgehead atoms. The first-order valence-corrected chi connectivity index (χ1v) is 13.5. The highest BCUT2D eigenvalue weighted by Gasteiger charge is 2.44. The highest BCUT2D eigenvalue weighted by Crippen LogP contribution is 2.28. The number of primary sulfonamides is 1. The second-order valence-electron chi connectivity index (χ2n) is 8.18. The van der Waals surface area contributed by atoms with Gasteiger partial charge in [-0.3, -0.25) is 14.4 Å². The summed E-state index contributed by atoms with van der Waals surface area (Å²) in [7, 11) is -3.86. The minimum Gasteiger partial charge on any atom is -0.326 e. The van der Waals surface area contributed by atoms with Crippen molar-refractivity contribution in [2.45, 2.75) is 23.8 Å². The maximum Gasteiger partial charge on any atom is 0.257 e. The van der Waals surface area contributed by atoms with E-state index in [0.717, 1.165) is 14.5 Å². The van der Waals surface area contributed by atoms with Crippen LogP contribution in [0.4, 0.5) is 10.1 Å². The molecule has 1 saturated heterocycles. The Balaban J connectivity index is 1.63. The summed E-state index contributed by atoms with van der Waals surface area (Å²) in [5, 5.41) is 5.14. The quantitative estimate of drug-likeness (QED) is 0.322. The first kappa shape index (κ1) is 25.9. The van der Waals surface area contributed by atoms with Crippen LogP contribution < -0.4 is 10.0 Å². The van der Waals surface area contributed by atoms with Gasteiger partial charge >= 0.3 is 0 Å². The molecule has 1 atom stereocenters. The first-order valence-electron chi connectivity index (χ1n) is 10.9. The number of amides is 3. The van der Waals surface area contributed by atoms with Gasteiger partial charge in [0.05, 0.1) is 22.6 Å². The van der Waals surface area contributed by atoms with Gasteiger partial charge in [0.15, 0.2) is 0 Å². The van der Waals surface area contributed by atoms with Gasteiger partial charge in [0.1, 0.15) is 11.9 Å². The Kier molecular flexibility index (Phi) is 7.52. The van der Waals surface area contributed by atoms with Crippen LogP contribution in [0.25, 0.3) is 0 Å². The topological polar surface area (TPSA) is 118 Å². The molecule has 1 aliphatic rings. The molecule has 0 saturated carbocycles. The normalized spacial score (nSPS) is 15.9. The van der Waals surface area contributed by atoms with E-state index in [4.69, 9.17) is 5.14 Å². The van der Waals surface area contributed by atoms with Crippen LogP contribution in [0.3, 0.4) is 0 Å². The minimum absolute atomic E-state index is 0.00783. The predicted molar refractivity (Wildman–Crippen MR) is 139 cm³/mol. The summed E-state index contributed by atoms with van der Waals surface area (Å²) in [6.45, 7) is -0.00783. The fraction of sp³-hybridized carbons (Fsp3) is 0.160. The molecule has 3 amide bonds. The van der Waals surface area contributed by atoms with Crippen molar-refractivity contribution in [2.75, 3.05) is 11.4 Å². The molecule has 0 radical (unpaired) electrons. The van der Waals surface area contributed by atoms with E-state index in [1.807, 2.05) is 0 Å². The second-order valence-corrected chi connectivity index (χ2v) is 11.0. The average Bonchev–Trinajstić information content (AvgIpc) is 3.13. The number of rotatable bonds is 7. The van der Waals surface area contributed by atoms with Crippen LogP contribution in [0.15, 0.2) is 77.7 Å². The van der Waals surface area contributed by atoms with Gasteiger partial charge in [-0.2, -0.15) is 0 Å². The van der Waals surface area contributed by atoms with Crippen molar-refractivity contribution in [2.24, 2.45) is 5.14 Å². The lowest BCUT2D eigenvalue weighted by Gasteiger charge is -2.28. The van der Waals surface area contributed by atoms with Gasteiger partial charge in [0.25, 0.3) is 11.8 Å². The van der Waals surface area contributed by atoms with Crippen molar-refractivity contribution in [1.29, 1.82) is 0 Å². The van der Waals surface area contributed by atoms with Crippen molar-refractivity contribution in [3.63, 3.8) is 0 Å².